The molecule has 5 N–H and O–H groups in total. The molecule has 7 nitrogen and oxygen atoms in total. The van der Waals surface area contributed by atoms with Crippen LogP contribution in [-0.4, -0.2) is 45.7 Å². The molecular weight excluding hydrogens is 623 g/mol. The van der Waals surface area contributed by atoms with Crippen molar-refractivity contribution in [2.75, 3.05) is 34.0 Å². The van der Waals surface area contributed by atoms with Crippen molar-refractivity contribution in [3.05, 3.63) is 72.8 Å². The Morgan fingerprint density at radius 3 is 1.33 bits per heavy atom. The molecule has 0 aliphatic rings. The first-order valence-corrected chi connectivity index (χ1v) is 19.5. The average Bonchev–Trinajstić information content (AvgIpc) is 3.03. The molecular formula is C34H48BrN4O3P. The number of methoxy groups -OCH3 is 3. The average molecular weight is 672 g/mol. The van der Waals surface area contributed by atoms with Gasteiger partial charge in [-0.2, -0.15) is 0 Å². The molecule has 0 amide bonds. The molecule has 0 fully saturated rings. The van der Waals surface area contributed by atoms with Crippen LogP contribution in [0.3, 0.4) is 0 Å². The summed E-state index contributed by atoms with van der Waals surface area (Å²) in [6, 6.07) is 25.7. The van der Waals surface area contributed by atoms with E-state index in [1.165, 1.54) is 41.6 Å². The van der Waals surface area contributed by atoms with Crippen LogP contribution in [0.1, 0.15) is 57.8 Å². The Hall–Kier alpha value is -3.09. The maximum atomic E-state index is 7.29. The molecule has 0 saturated heterocycles. The van der Waals surface area contributed by atoms with Crippen LogP contribution < -0.4 is 41.6 Å². The molecule has 9 heteroatoms. The number of hydrogen-bond donors (Lipinski definition) is 3. The van der Waals surface area contributed by atoms with E-state index in [0.29, 0.717) is 12.4 Å². The Bertz CT molecular complexity index is 1200. The van der Waals surface area contributed by atoms with Gasteiger partial charge >= 0.3 is 237 Å². The first-order chi connectivity index (χ1) is 20.7. The van der Waals surface area contributed by atoms with Crippen LogP contribution in [0.25, 0.3) is 0 Å². The van der Waals surface area contributed by atoms with Gasteiger partial charge in [0.2, 0.25) is 0 Å². The Labute approximate surface area is 265 Å². The Morgan fingerprint density at radius 2 is 0.977 bits per heavy atom. The van der Waals surface area contributed by atoms with E-state index in [9.17, 15) is 0 Å². The zero-order valence-corrected chi connectivity index (χ0v) is 28.3. The van der Waals surface area contributed by atoms with Crippen LogP contribution in [0.5, 0.6) is 17.2 Å². The summed E-state index contributed by atoms with van der Waals surface area (Å²) >= 11 is 4.57. The monoisotopic (exact) mass is 670 g/mol. The van der Waals surface area contributed by atoms with Crippen molar-refractivity contribution in [2.45, 2.75) is 57.8 Å². The van der Waals surface area contributed by atoms with Gasteiger partial charge in [-0.3, -0.25) is 5.41 Å². The molecule has 0 aliphatic carbocycles. The van der Waals surface area contributed by atoms with Crippen LogP contribution in [0.2, 0.25) is 0 Å². The predicted octanol–water partition coefficient (Wildman–Crippen LogP) is 6.66. The summed E-state index contributed by atoms with van der Waals surface area (Å²) in [6.07, 6.45) is 10.5. The second kappa shape index (κ2) is 16.7. The number of benzene rings is 3. The zero-order valence-electron chi connectivity index (χ0n) is 25.9. The third kappa shape index (κ3) is 8.96. The summed E-state index contributed by atoms with van der Waals surface area (Å²) in [5.74, 6) is 3.05. The van der Waals surface area contributed by atoms with Crippen LogP contribution in [-0.2, 0) is 0 Å². The van der Waals surface area contributed by atoms with Crippen molar-refractivity contribution in [3.8, 4) is 17.2 Å². The molecule has 3 aromatic rings. The van der Waals surface area contributed by atoms with Gasteiger partial charge in [0.1, 0.15) is 0 Å². The van der Waals surface area contributed by atoms with E-state index in [0.717, 1.165) is 49.1 Å². The van der Waals surface area contributed by atoms with Gasteiger partial charge in [0.15, 0.2) is 0 Å². The zero-order chi connectivity index (χ0) is 31.2. The van der Waals surface area contributed by atoms with Crippen LogP contribution in [0.15, 0.2) is 77.8 Å². The van der Waals surface area contributed by atoms with Crippen molar-refractivity contribution in [3.63, 3.8) is 0 Å². The van der Waals surface area contributed by atoms with Crippen molar-refractivity contribution in [1.82, 2.24) is 0 Å². The molecule has 0 spiro atoms. The molecule has 0 saturated carbocycles. The van der Waals surface area contributed by atoms with Crippen LogP contribution >= 0.6 is 20.8 Å². The van der Waals surface area contributed by atoms with Gasteiger partial charge in [0.05, 0.1) is 12.3 Å². The normalized spacial score (nSPS) is 12.7. The molecule has 0 aliphatic heterocycles. The number of amidine groups is 2. The van der Waals surface area contributed by atoms with E-state index < -0.39 is 5.31 Å². The van der Waals surface area contributed by atoms with Gasteiger partial charge in [0.25, 0.3) is 0 Å². The summed E-state index contributed by atoms with van der Waals surface area (Å²) in [7, 11) is 5.11. The Morgan fingerprint density at radius 1 is 0.628 bits per heavy atom. The number of nitrogens with one attached hydrogen (secondary N) is 1. The second-order valence-electron chi connectivity index (χ2n) is 10.9. The maximum absolute atomic E-state index is 7.29. The summed E-state index contributed by atoms with van der Waals surface area (Å²) in [6.45, 7) is 0.708. The van der Waals surface area contributed by atoms with E-state index in [1.54, 1.807) is 21.3 Å². The summed E-state index contributed by atoms with van der Waals surface area (Å²) < 4.78 is 16.6. The molecule has 0 unspecified atom stereocenters. The fourth-order valence-corrected chi connectivity index (χ4v) is 13.2. The SMILES string of the molecule is COc1ccc(P(Br)(CCCCCCCCCCN=C(N)CC(=N)N)(c2ccc(OC)cc2)c2ccc(OC)cc2)cc1. The number of rotatable bonds is 19. The summed E-state index contributed by atoms with van der Waals surface area (Å²) in [5, 5.41) is 8.04. The van der Waals surface area contributed by atoms with Crippen molar-refractivity contribution in [1.29, 1.82) is 5.41 Å². The predicted molar refractivity (Wildman–Crippen MR) is 189 cm³/mol. The third-order valence-corrected chi connectivity index (χ3v) is 18.0. The van der Waals surface area contributed by atoms with E-state index >= 15 is 0 Å². The Balaban J connectivity index is 1.74. The number of ether oxygens (including phenoxy) is 3. The second-order valence-corrected chi connectivity index (χ2v) is 20.0. The van der Waals surface area contributed by atoms with Crippen molar-refractivity contribution in [2.24, 2.45) is 16.5 Å². The third-order valence-electron chi connectivity index (χ3n) is 8.00. The molecule has 0 atom stereocenters. The molecule has 0 heterocycles. The van der Waals surface area contributed by atoms with Crippen molar-refractivity contribution >= 4 is 48.4 Å². The minimum absolute atomic E-state index is 0.0591. The molecule has 0 aromatic heterocycles. The topological polar surface area (TPSA) is 116 Å². The Kier molecular flexibility index (Phi) is 13.3. The first kappa shape index (κ1) is 34.4. The number of nitrogens with zero attached hydrogens (tertiary/aromatic N) is 1. The van der Waals surface area contributed by atoms with E-state index in [1.807, 2.05) is 0 Å². The van der Waals surface area contributed by atoms with Gasteiger partial charge < -0.3 is 11.5 Å². The number of aliphatic imine (C=N–C) groups is 1. The fraction of sp³-hybridized carbons (Fsp3) is 0.412. The summed E-state index contributed by atoms with van der Waals surface area (Å²) in [5.41, 5.74) is 11.2. The molecule has 3 aromatic carbocycles. The molecule has 234 valence electrons. The van der Waals surface area contributed by atoms with E-state index in [-0.39, 0.29) is 12.3 Å². The van der Waals surface area contributed by atoms with Gasteiger partial charge in [-0.05, 0) is 0 Å². The van der Waals surface area contributed by atoms with Gasteiger partial charge in [-0.15, -0.1) is 0 Å². The first-order valence-electron chi connectivity index (χ1n) is 15.0. The molecule has 0 bridgehead atoms. The number of hydrogen-bond acceptors (Lipinski definition) is 5. The molecule has 3 rings (SSSR count). The van der Waals surface area contributed by atoms with E-state index in [2.05, 4.69) is 93.3 Å². The number of halogens is 1. The van der Waals surface area contributed by atoms with Gasteiger partial charge in [-0.25, -0.2) is 0 Å². The van der Waals surface area contributed by atoms with Gasteiger partial charge in [0, 0.05) is 0 Å². The summed E-state index contributed by atoms with van der Waals surface area (Å²) in [4.78, 5) is 4.31. The van der Waals surface area contributed by atoms with Crippen molar-refractivity contribution < 1.29 is 14.2 Å². The molecule has 0 radical (unpaired) electrons. The standard InChI is InChI=1S/C34H48BrN4O3P/c1-40-27-12-18-30(19-13-27)43(35,31-20-14-28(41-2)15-21-31,32-22-16-29(42-3)17-23-32)25-11-9-7-5-4-6-8-10-24-39-34(38)26-33(36)37/h12-23H,4-11,24-26H2,1-3H3,(H3,36,37)(H2,38,39). The van der Waals surface area contributed by atoms with E-state index in [4.69, 9.17) is 31.1 Å². The van der Waals surface area contributed by atoms with Crippen LogP contribution in [0, 0.1) is 5.41 Å². The van der Waals surface area contributed by atoms with Crippen LogP contribution in [0.4, 0.5) is 0 Å². The number of unbranched alkanes of at least 4 members (excludes halogenated alkanes) is 7. The quantitative estimate of drug-likeness (QED) is 0.0571. The van der Waals surface area contributed by atoms with Gasteiger partial charge in [-0.1, -0.05) is 0 Å². The minimum atomic E-state index is -3.06. The fourth-order valence-electron chi connectivity index (χ4n) is 5.57. The number of nitrogens with two attached hydrogens (primary N) is 2. The molecule has 43 heavy (non-hydrogen) atoms.